The molecular formula is C8H6N2OS2. The molecule has 0 aromatic carbocycles. The van der Waals surface area contributed by atoms with Crippen LogP contribution in [0.15, 0.2) is 27.7 Å². The zero-order chi connectivity index (χ0) is 9.10. The van der Waals surface area contributed by atoms with Crippen molar-refractivity contribution in [3.8, 4) is 0 Å². The van der Waals surface area contributed by atoms with E-state index in [4.69, 9.17) is 0 Å². The van der Waals surface area contributed by atoms with Gasteiger partial charge in [-0.25, -0.2) is 4.98 Å². The van der Waals surface area contributed by atoms with Gasteiger partial charge in [-0.15, -0.1) is 11.3 Å². The molecule has 0 spiro atoms. The highest BCUT2D eigenvalue weighted by atomic mass is 32.1. The van der Waals surface area contributed by atoms with E-state index >= 15 is 0 Å². The van der Waals surface area contributed by atoms with Gasteiger partial charge < -0.3 is 5.32 Å². The van der Waals surface area contributed by atoms with Crippen molar-refractivity contribution in [1.82, 2.24) is 4.98 Å². The molecule has 1 amide bonds. The summed E-state index contributed by atoms with van der Waals surface area (Å²) in [5.74, 6) is -0.153. The largest absolute Gasteiger partial charge is 0.320 e. The van der Waals surface area contributed by atoms with Crippen LogP contribution in [-0.2, 0) is 0 Å². The van der Waals surface area contributed by atoms with Crippen molar-refractivity contribution in [2.45, 2.75) is 0 Å². The van der Waals surface area contributed by atoms with Crippen LogP contribution in [0, 0.1) is 0 Å². The van der Waals surface area contributed by atoms with Crippen LogP contribution in [-0.4, -0.2) is 10.9 Å². The normalized spacial score (nSPS) is 9.85. The van der Waals surface area contributed by atoms with Gasteiger partial charge in [0.05, 0.1) is 11.2 Å². The Morgan fingerprint density at radius 2 is 2.31 bits per heavy atom. The Hall–Kier alpha value is -1.20. The lowest BCUT2D eigenvalue weighted by molar-refractivity contribution is 0.102. The number of carbonyl (C=O) groups is 1. The fourth-order valence-corrected chi connectivity index (χ4v) is 1.98. The van der Waals surface area contributed by atoms with E-state index in [1.54, 1.807) is 22.2 Å². The molecule has 0 unspecified atom stereocenters. The van der Waals surface area contributed by atoms with E-state index in [1.807, 2.05) is 16.8 Å². The summed E-state index contributed by atoms with van der Waals surface area (Å²) in [6, 6.07) is 1.86. The van der Waals surface area contributed by atoms with Gasteiger partial charge in [0, 0.05) is 10.8 Å². The molecule has 1 N–H and O–H groups in total. The van der Waals surface area contributed by atoms with Gasteiger partial charge in [-0.1, -0.05) is 0 Å². The third-order valence-corrected chi connectivity index (χ3v) is 2.71. The van der Waals surface area contributed by atoms with Gasteiger partial charge in [-0.2, -0.15) is 11.3 Å². The van der Waals surface area contributed by atoms with E-state index in [2.05, 4.69) is 10.3 Å². The molecule has 0 aliphatic heterocycles. The van der Waals surface area contributed by atoms with Crippen LogP contribution in [0.3, 0.4) is 0 Å². The number of hydrogen-bond acceptors (Lipinski definition) is 4. The highest BCUT2D eigenvalue weighted by molar-refractivity contribution is 7.08. The molecule has 66 valence electrons. The number of hydrogen-bond donors (Lipinski definition) is 1. The van der Waals surface area contributed by atoms with Crippen LogP contribution in [0.5, 0.6) is 0 Å². The monoisotopic (exact) mass is 210 g/mol. The Bertz CT molecular complexity index is 380. The minimum absolute atomic E-state index is 0.153. The second kappa shape index (κ2) is 3.68. The first-order valence-electron chi connectivity index (χ1n) is 3.58. The molecule has 0 atom stereocenters. The molecule has 0 bridgehead atoms. The van der Waals surface area contributed by atoms with Gasteiger partial charge in [0.2, 0.25) is 0 Å². The van der Waals surface area contributed by atoms with Crippen LogP contribution in [0.1, 0.15) is 10.5 Å². The summed E-state index contributed by atoms with van der Waals surface area (Å²) in [6.45, 7) is 0. The third kappa shape index (κ3) is 1.93. The lowest BCUT2D eigenvalue weighted by atomic mass is 10.4. The van der Waals surface area contributed by atoms with Crippen LogP contribution in [0.4, 0.5) is 5.69 Å². The van der Waals surface area contributed by atoms with Crippen LogP contribution in [0.2, 0.25) is 0 Å². The first-order chi connectivity index (χ1) is 6.36. The minimum Gasteiger partial charge on any atom is -0.320 e. The number of anilines is 1. The number of aromatic nitrogens is 1. The quantitative estimate of drug-likeness (QED) is 0.827. The second-order valence-corrected chi connectivity index (χ2v) is 3.84. The van der Waals surface area contributed by atoms with Gasteiger partial charge in [-0.05, 0) is 11.4 Å². The van der Waals surface area contributed by atoms with E-state index in [0.29, 0.717) is 5.69 Å². The smallest absolute Gasteiger partial charge is 0.275 e. The SMILES string of the molecule is O=C(Nc1ccsc1)c1cscn1. The molecule has 3 nitrogen and oxygen atoms in total. The summed E-state index contributed by atoms with van der Waals surface area (Å²) in [5, 5.41) is 8.26. The van der Waals surface area contributed by atoms with Crippen molar-refractivity contribution < 1.29 is 4.79 Å². The van der Waals surface area contributed by atoms with Crippen molar-refractivity contribution >= 4 is 34.3 Å². The predicted octanol–water partition coefficient (Wildman–Crippen LogP) is 2.46. The lowest BCUT2D eigenvalue weighted by Crippen LogP contribution is -2.11. The van der Waals surface area contributed by atoms with E-state index in [9.17, 15) is 4.79 Å². The zero-order valence-corrected chi connectivity index (χ0v) is 8.19. The van der Waals surface area contributed by atoms with Crippen molar-refractivity contribution in [3.05, 3.63) is 33.4 Å². The van der Waals surface area contributed by atoms with Crippen molar-refractivity contribution in [2.75, 3.05) is 5.32 Å². The predicted molar refractivity (Wildman–Crippen MR) is 54.4 cm³/mol. The maximum Gasteiger partial charge on any atom is 0.275 e. The highest BCUT2D eigenvalue weighted by Crippen LogP contribution is 2.13. The second-order valence-electron chi connectivity index (χ2n) is 2.34. The van der Waals surface area contributed by atoms with Crippen LogP contribution in [0.25, 0.3) is 0 Å². The first kappa shape index (κ1) is 8.40. The number of nitrogens with zero attached hydrogens (tertiary/aromatic N) is 1. The van der Waals surface area contributed by atoms with Crippen molar-refractivity contribution in [3.63, 3.8) is 0 Å². The fourth-order valence-electron chi connectivity index (χ4n) is 0.855. The van der Waals surface area contributed by atoms with E-state index in [-0.39, 0.29) is 5.91 Å². The van der Waals surface area contributed by atoms with Gasteiger partial charge in [-0.3, -0.25) is 4.79 Å². The Morgan fingerprint density at radius 1 is 1.38 bits per heavy atom. The van der Waals surface area contributed by atoms with Crippen molar-refractivity contribution in [2.24, 2.45) is 0 Å². The Kier molecular flexibility index (Phi) is 2.37. The molecule has 2 rings (SSSR count). The van der Waals surface area contributed by atoms with Gasteiger partial charge in [0.25, 0.3) is 5.91 Å². The molecule has 0 saturated carbocycles. The topological polar surface area (TPSA) is 42.0 Å². The Labute approximate surface area is 83.1 Å². The number of carbonyl (C=O) groups excluding carboxylic acids is 1. The van der Waals surface area contributed by atoms with Crippen LogP contribution >= 0.6 is 22.7 Å². The van der Waals surface area contributed by atoms with Gasteiger partial charge in [0.15, 0.2) is 0 Å². The van der Waals surface area contributed by atoms with E-state index < -0.39 is 0 Å². The average Bonchev–Trinajstić information content (AvgIpc) is 2.74. The molecule has 13 heavy (non-hydrogen) atoms. The molecule has 0 aliphatic carbocycles. The third-order valence-electron chi connectivity index (χ3n) is 1.44. The maximum absolute atomic E-state index is 11.4. The van der Waals surface area contributed by atoms with E-state index in [1.165, 1.54) is 11.3 Å². The van der Waals surface area contributed by atoms with Crippen LogP contribution < -0.4 is 5.32 Å². The molecule has 0 aliphatic rings. The molecule has 2 heterocycles. The summed E-state index contributed by atoms with van der Waals surface area (Å²) in [5.41, 5.74) is 2.93. The summed E-state index contributed by atoms with van der Waals surface area (Å²) >= 11 is 2.96. The number of amides is 1. The summed E-state index contributed by atoms with van der Waals surface area (Å²) < 4.78 is 0. The zero-order valence-electron chi connectivity index (χ0n) is 6.56. The lowest BCUT2D eigenvalue weighted by Gasteiger charge is -1.97. The minimum atomic E-state index is -0.153. The molecule has 5 heteroatoms. The summed E-state index contributed by atoms with van der Waals surface area (Å²) in [7, 11) is 0. The van der Waals surface area contributed by atoms with Crippen molar-refractivity contribution in [1.29, 1.82) is 0 Å². The molecule has 0 fully saturated rings. The number of thiazole rings is 1. The molecule has 0 radical (unpaired) electrons. The summed E-state index contributed by atoms with van der Waals surface area (Å²) in [6.07, 6.45) is 0. The van der Waals surface area contributed by atoms with Gasteiger partial charge >= 0.3 is 0 Å². The maximum atomic E-state index is 11.4. The first-order valence-corrected chi connectivity index (χ1v) is 5.46. The number of rotatable bonds is 2. The Balaban J connectivity index is 2.08. The number of nitrogens with one attached hydrogen (secondary N) is 1. The molecule has 0 saturated heterocycles. The summed E-state index contributed by atoms with van der Waals surface area (Å²) in [4.78, 5) is 15.3. The standard InChI is InChI=1S/C8H6N2OS2/c11-8(7-4-13-5-9-7)10-6-1-2-12-3-6/h1-5H,(H,10,11). The highest BCUT2D eigenvalue weighted by Gasteiger charge is 2.07. The fraction of sp³-hybridized carbons (Fsp3) is 0. The number of thiophene rings is 1. The molecule has 2 aromatic rings. The van der Waals surface area contributed by atoms with Gasteiger partial charge in [0.1, 0.15) is 5.69 Å². The average molecular weight is 210 g/mol. The van der Waals surface area contributed by atoms with E-state index in [0.717, 1.165) is 5.69 Å². The molecule has 2 aromatic heterocycles. The molecular weight excluding hydrogens is 204 g/mol. The Morgan fingerprint density at radius 3 is 2.92 bits per heavy atom.